The van der Waals surface area contributed by atoms with Crippen molar-refractivity contribution in [1.82, 2.24) is 0 Å². The Hall–Kier alpha value is -2.88. The van der Waals surface area contributed by atoms with E-state index in [0.717, 1.165) is 16.7 Å². The first-order valence-electron chi connectivity index (χ1n) is 7.83. The van der Waals surface area contributed by atoms with Gasteiger partial charge >= 0.3 is 0 Å². The van der Waals surface area contributed by atoms with E-state index in [2.05, 4.69) is 18.7 Å². The summed E-state index contributed by atoms with van der Waals surface area (Å²) in [4.78, 5) is 0. The first-order valence-corrected chi connectivity index (χ1v) is 7.83. The molecule has 0 bridgehead atoms. The number of nitriles is 2. The van der Waals surface area contributed by atoms with Gasteiger partial charge in [-0.25, -0.2) is 0 Å². The number of hydrogen-bond donors (Lipinski definition) is 0. The molecule has 118 valence electrons. The molecule has 0 saturated carbocycles. The highest BCUT2D eigenvalue weighted by Crippen LogP contribution is 2.57. The summed E-state index contributed by atoms with van der Waals surface area (Å²) in [6.07, 6.45) is 1.08. The van der Waals surface area contributed by atoms with Crippen molar-refractivity contribution >= 4 is 0 Å². The first kappa shape index (κ1) is 16.0. The first-order chi connectivity index (χ1) is 11.6. The molecule has 1 saturated heterocycles. The highest BCUT2D eigenvalue weighted by atomic mass is 16.5. The van der Waals surface area contributed by atoms with Crippen molar-refractivity contribution in [3.8, 4) is 12.1 Å². The summed E-state index contributed by atoms with van der Waals surface area (Å²) in [5.41, 5.74) is 0.591. The second-order valence-electron chi connectivity index (χ2n) is 6.17. The normalized spacial score (nSPS) is 24.7. The Morgan fingerprint density at radius 3 is 2.25 bits per heavy atom. The molecule has 24 heavy (non-hydrogen) atoms. The number of benzene rings is 2. The highest BCUT2D eigenvalue weighted by Gasteiger charge is 2.63. The van der Waals surface area contributed by atoms with E-state index in [9.17, 15) is 10.5 Å². The smallest absolute Gasteiger partial charge is 0.188 e. The van der Waals surface area contributed by atoms with Gasteiger partial charge in [0.25, 0.3) is 0 Å². The third-order valence-corrected chi connectivity index (χ3v) is 4.94. The Kier molecular flexibility index (Phi) is 3.97. The maximum absolute atomic E-state index is 10.0. The zero-order chi connectivity index (χ0) is 17.2. The second-order valence-corrected chi connectivity index (χ2v) is 6.17. The van der Waals surface area contributed by atoms with Crippen LogP contribution in [0.1, 0.15) is 22.8 Å². The standard InChI is InChI=1S/C21H18N2O/c1-3-20(18-11-9-16(2)10-12-18)15-24-19(21(20,13-22)14-23)17-7-5-4-6-8-17/h3-12,19H,1,15H2,2H3/t19-,20+/m1/s1. The fraction of sp³-hybridized carbons (Fsp3) is 0.238. The Balaban J connectivity index is 2.21. The summed E-state index contributed by atoms with van der Waals surface area (Å²) in [5, 5.41) is 20.1. The van der Waals surface area contributed by atoms with Gasteiger partial charge in [0.15, 0.2) is 5.41 Å². The van der Waals surface area contributed by atoms with Gasteiger partial charge in [0.05, 0.1) is 24.2 Å². The van der Waals surface area contributed by atoms with E-state index in [1.165, 1.54) is 0 Å². The number of nitrogens with zero attached hydrogens (tertiary/aromatic N) is 2. The number of hydrogen-bond acceptors (Lipinski definition) is 3. The molecule has 1 fully saturated rings. The third-order valence-electron chi connectivity index (χ3n) is 4.94. The molecule has 3 rings (SSSR count). The molecule has 1 aliphatic rings. The molecule has 3 nitrogen and oxygen atoms in total. The maximum atomic E-state index is 10.0. The summed E-state index contributed by atoms with van der Waals surface area (Å²) >= 11 is 0. The lowest BCUT2D eigenvalue weighted by Crippen LogP contribution is -2.42. The van der Waals surface area contributed by atoms with Crippen LogP contribution in [0.25, 0.3) is 0 Å². The van der Waals surface area contributed by atoms with Gasteiger partial charge in [-0.1, -0.05) is 66.2 Å². The Labute approximate surface area is 142 Å². The van der Waals surface area contributed by atoms with Crippen LogP contribution in [0.2, 0.25) is 0 Å². The number of rotatable bonds is 3. The Morgan fingerprint density at radius 2 is 1.71 bits per heavy atom. The number of ether oxygens (including phenoxy) is 1. The monoisotopic (exact) mass is 314 g/mol. The molecule has 2 atom stereocenters. The minimum Gasteiger partial charge on any atom is -0.369 e. The van der Waals surface area contributed by atoms with Crippen LogP contribution in [0, 0.1) is 35.0 Å². The molecule has 0 amide bonds. The van der Waals surface area contributed by atoms with Crippen molar-refractivity contribution in [1.29, 1.82) is 10.5 Å². The molecule has 1 heterocycles. The molecule has 0 radical (unpaired) electrons. The van der Waals surface area contributed by atoms with E-state index in [4.69, 9.17) is 4.74 Å². The Bertz CT molecular complexity index is 813. The predicted octanol–water partition coefficient (Wildman–Crippen LogP) is 4.22. The lowest BCUT2D eigenvalue weighted by Gasteiger charge is -2.35. The molecule has 0 aromatic heterocycles. The molecule has 2 aromatic rings. The molecular weight excluding hydrogens is 296 g/mol. The third kappa shape index (κ3) is 2.07. The van der Waals surface area contributed by atoms with Crippen molar-refractivity contribution < 1.29 is 4.74 Å². The molecule has 2 aromatic carbocycles. The molecule has 0 unspecified atom stereocenters. The Morgan fingerprint density at radius 1 is 1.08 bits per heavy atom. The zero-order valence-electron chi connectivity index (χ0n) is 13.6. The van der Waals surface area contributed by atoms with Crippen LogP contribution in [-0.2, 0) is 10.2 Å². The largest absolute Gasteiger partial charge is 0.369 e. The summed E-state index contributed by atoms with van der Waals surface area (Å²) in [5.74, 6) is 0. The average molecular weight is 314 g/mol. The van der Waals surface area contributed by atoms with Crippen LogP contribution < -0.4 is 0 Å². The second kappa shape index (κ2) is 5.96. The van der Waals surface area contributed by atoms with Crippen LogP contribution >= 0.6 is 0 Å². The van der Waals surface area contributed by atoms with Crippen LogP contribution in [0.15, 0.2) is 67.3 Å². The molecule has 0 N–H and O–H groups in total. The van der Waals surface area contributed by atoms with Crippen molar-refractivity contribution in [2.75, 3.05) is 6.61 Å². The highest BCUT2D eigenvalue weighted by molar-refractivity contribution is 5.48. The van der Waals surface area contributed by atoms with Gasteiger partial charge in [0, 0.05) is 0 Å². The van der Waals surface area contributed by atoms with Gasteiger partial charge in [0.1, 0.15) is 6.10 Å². The lowest BCUT2D eigenvalue weighted by atomic mass is 9.60. The minimum atomic E-state index is -1.37. The predicted molar refractivity (Wildman–Crippen MR) is 91.8 cm³/mol. The maximum Gasteiger partial charge on any atom is 0.188 e. The van der Waals surface area contributed by atoms with Crippen molar-refractivity contribution in [2.24, 2.45) is 5.41 Å². The van der Waals surface area contributed by atoms with Gasteiger partial charge in [-0.05, 0) is 18.1 Å². The van der Waals surface area contributed by atoms with E-state index in [1.807, 2.05) is 61.5 Å². The van der Waals surface area contributed by atoms with Gasteiger partial charge in [-0.2, -0.15) is 10.5 Å². The SMILES string of the molecule is C=C[C@@]1(c2ccc(C)cc2)CO[C@H](c2ccccc2)C1(C#N)C#N. The minimum absolute atomic E-state index is 0.250. The lowest BCUT2D eigenvalue weighted by molar-refractivity contribution is 0.0862. The van der Waals surface area contributed by atoms with Gasteiger partial charge < -0.3 is 4.74 Å². The fourth-order valence-corrected chi connectivity index (χ4v) is 3.50. The van der Waals surface area contributed by atoms with Crippen LogP contribution in [0.5, 0.6) is 0 Å². The summed E-state index contributed by atoms with van der Waals surface area (Å²) < 4.78 is 6.01. The van der Waals surface area contributed by atoms with Crippen molar-refractivity contribution in [2.45, 2.75) is 18.4 Å². The topological polar surface area (TPSA) is 56.8 Å². The molecular formula is C21H18N2O. The summed E-state index contributed by atoms with van der Waals surface area (Å²) in [6.45, 7) is 6.21. The molecule has 1 aliphatic heterocycles. The van der Waals surface area contributed by atoms with Gasteiger partial charge in [-0.15, -0.1) is 6.58 Å². The summed E-state index contributed by atoms with van der Waals surface area (Å²) in [6, 6.07) is 21.9. The van der Waals surface area contributed by atoms with E-state index >= 15 is 0 Å². The van der Waals surface area contributed by atoms with Crippen LogP contribution in [0.3, 0.4) is 0 Å². The van der Waals surface area contributed by atoms with Crippen molar-refractivity contribution in [3.05, 3.63) is 83.9 Å². The molecule has 3 heteroatoms. The van der Waals surface area contributed by atoms with Crippen LogP contribution in [-0.4, -0.2) is 6.61 Å². The zero-order valence-corrected chi connectivity index (χ0v) is 13.6. The average Bonchev–Trinajstić information content (AvgIpc) is 2.98. The van der Waals surface area contributed by atoms with E-state index in [1.54, 1.807) is 6.08 Å². The van der Waals surface area contributed by atoms with Crippen molar-refractivity contribution in [3.63, 3.8) is 0 Å². The molecule has 0 spiro atoms. The van der Waals surface area contributed by atoms with Gasteiger partial charge in [-0.3, -0.25) is 0 Å². The number of aryl methyl sites for hydroxylation is 1. The molecule has 0 aliphatic carbocycles. The van der Waals surface area contributed by atoms with Gasteiger partial charge in [0.2, 0.25) is 0 Å². The van der Waals surface area contributed by atoms with Crippen LogP contribution in [0.4, 0.5) is 0 Å². The van der Waals surface area contributed by atoms with E-state index in [-0.39, 0.29) is 6.61 Å². The quantitative estimate of drug-likeness (QED) is 0.797. The van der Waals surface area contributed by atoms with E-state index < -0.39 is 16.9 Å². The fourth-order valence-electron chi connectivity index (χ4n) is 3.50. The summed E-state index contributed by atoms with van der Waals surface area (Å²) in [7, 11) is 0. The van der Waals surface area contributed by atoms with E-state index in [0.29, 0.717) is 0 Å².